The minimum Gasteiger partial charge on any atom is -0.507 e. The molecular formula is C29H30N2O5. The molecule has 1 aromatic heterocycles. The number of amides is 1. The largest absolute Gasteiger partial charge is 0.507 e. The van der Waals surface area contributed by atoms with E-state index in [2.05, 4.69) is 4.98 Å². The van der Waals surface area contributed by atoms with Gasteiger partial charge in [0.15, 0.2) is 0 Å². The van der Waals surface area contributed by atoms with Crippen LogP contribution in [-0.4, -0.2) is 40.9 Å². The molecule has 4 rings (SSSR count). The van der Waals surface area contributed by atoms with Crippen molar-refractivity contribution < 1.29 is 24.2 Å². The van der Waals surface area contributed by atoms with Crippen LogP contribution in [0.5, 0.6) is 11.5 Å². The van der Waals surface area contributed by atoms with Gasteiger partial charge in [-0.05, 0) is 41.8 Å². The third-order valence-corrected chi connectivity index (χ3v) is 6.31. The molecule has 1 aliphatic rings. The highest BCUT2D eigenvalue weighted by molar-refractivity contribution is 6.46. The molecule has 1 aliphatic heterocycles. The van der Waals surface area contributed by atoms with E-state index in [1.807, 2.05) is 39.0 Å². The van der Waals surface area contributed by atoms with Crippen LogP contribution in [0.2, 0.25) is 0 Å². The number of para-hydroxylation sites is 1. The number of carbonyl (C=O) groups excluding carboxylic acids is 2. The van der Waals surface area contributed by atoms with Crippen molar-refractivity contribution in [3.8, 4) is 11.5 Å². The second-order valence-corrected chi connectivity index (χ2v) is 9.66. The monoisotopic (exact) mass is 486 g/mol. The summed E-state index contributed by atoms with van der Waals surface area (Å²) < 4.78 is 11.1. The average molecular weight is 487 g/mol. The van der Waals surface area contributed by atoms with E-state index >= 15 is 0 Å². The second-order valence-electron chi connectivity index (χ2n) is 9.66. The van der Waals surface area contributed by atoms with Crippen molar-refractivity contribution in [1.29, 1.82) is 0 Å². The number of hydrogen-bond donors (Lipinski definition) is 1. The first-order chi connectivity index (χ1) is 17.2. The normalized spacial score (nSPS) is 17.4. The van der Waals surface area contributed by atoms with Crippen LogP contribution in [-0.2, 0) is 21.5 Å². The fourth-order valence-electron chi connectivity index (χ4n) is 4.52. The molecule has 2 heterocycles. The quantitative estimate of drug-likeness (QED) is 0.299. The summed E-state index contributed by atoms with van der Waals surface area (Å²) in [7, 11) is 3.12. The molecule has 1 fully saturated rings. The van der Waals surface area contributed by atoms with Crippen molar-refractivity contribution in [3.63, 3.8) is 0 Å². The van der Waals surface area contributed by atoms with Crippen molar-refractivity contribution in [2.75, 3.05) is 14.2 Å². The molecule has 36 heavy (non-hydrogen) atoms. The van der Waals surface area contributed by atoms with Crippen LogP contribution >= 0.6 is 0 Å². The lowest BCUT2D eigenvalue weighted by molar-refractivity contribution is -0.140. The van der Waals surface area contributed by atoms with Gasteiger partial charge < -0.3 is 19.5 Å². The van der Waals surface area contributed by atoms with Gasteiger partial charge in [-0.25, -0.2) is 0 Å². The summed E-state index contributed by atoms with van der Waals surface area (Å²) in [5.41, 5.74) is 2.24. The Hall–Kier alpha value is -4.13. The number of ether oxygens (including phenoxy) is 2. The van der Waals surface area contributed by atoms with Crippen LogP contribution in [0.25, 0.3) is 5.76 Å². The van der Waals surface area contributed by atoms with E-state index in [4.69, 9.17) is 9.47 Å². The van der Waals surface area contributed by atoms with E-state index in [1.165, 1.54) is 12.0 Å². The second kappa shape index (κ2) is 9.85. The molecule has 1 atom stereocenters. The topological polar surface area (TPSA) is 89.0 Å². The Labute approximate surface area is 211 Å². The zero-order valence-corrected chi connectivity index (χ0v) is 21.1. The molecule has 0 spiro atoms. The highest BCUT2D eigenvalue weighted by Gasteiger charge is 2.47. The van der Waals surface area contributed by atoms with Crippen molar-refractivity contribution in [2.45, 2.75) is 38.8 Å². The lowest BCUT2D eigenvalue weighted by Gasteiger charge is -2.26. The van der Waals surface area contributed by atoms with E-state index in [9.17, 15) is 14.7 Å². The number of methoxy groups -OCH3 is 2. The zero-order chi connectivity index (χ0) is 26.0. The Balaban J connectivity index is 1.93. The fraction of sp³-hybridized carbons (Fsp3) is 0.276. The maximum atomic E-state index is 13.4. The summed E-state index contributed by atoms with van der Waals surface area (Å²) in [6.45, 7) is 6.21. The number of carbonyl (C=O) groups is 2. The van der Waals surface area contributed by atoms with Gasteiger partial charge in [-0.2, -0.15) is 0 Å². The SMILES string of the molecule is COc1ccccc1C1/C(=C(\O)c2ccc(OC)c(C(C)(C)C)c2)C(=O)C(=O)N1Cc1ccccn1. The molecule has 7 nitrogen and oxygen atoms in total. The molecule has 186 valence electrons. The molecule has 1 unspecified atom stereocenters. The predicted molar refractivity (Wildman–Crippen MR) is 137 cm³/mol. The van der Waals surface area contributed by atoms with E-state index in [-0.39, 0.29) is 23.3 Å². The van der Waals surface area contributed by atoms with Crippen LogP contribution < -0.4 is 9.47 Å². The van der Waals surface area contributed by atoms with Crippen molar-refractivity contribution in [3.05, 3.63) is 94.8 Å². The maximum Gasteiger partial charge on any atom is 0.296 e. The summed E-state index contributed by atoms with van der Waals surface area (Å²) >= 11 is 0. The van der Waals surface area contributed by atoms with Gasteiger partial charge >= 0.3 is 0 Å². The van der Waals surface area contributed by atoms with Crippen LogP contribution in [0.15, 0.2) is 72.4 Å². The first-order valence-electron chi connectivity index (χ1n) is 11.7. The summed E-state index contributed by atoms with van der Waals surface area (Å²) in [6, 6.07) is 17.0. The number of benzene rings is 2. The van der Waals surface area contributed by atoms with Gasteiger partial charge in [0, 0.05) is 22.9 Å². The van der Waals surface area contributed by atoms with Gasteiger partial charge in [0.25, 0.3) is 11.7 Å². The van der Waals surface area contributed by atoms with Crippen molar-refractivity contribution >= 4 is 17.4 Å². The molecule has 1 saturated heterocycles. The smallest absolute Gasteiger partial charge is 0.296 e. The molecule has 1 amide bonds. The van der Waals surface area contributed by atoms with Gasteiger partial charge in [0.1, 0.15) is 17.3 Å². The summed E-state index contributed by atoms with van der Waals surface area (Å²) in [4.78, 5) is 32.5. The van der Waals surface area contributed by atoms with E-state index in [0.717, 1.165) is 5.56 Å². The third-order valence-electron chi connectivity index (χ3n) is 6.31. The number of aliphatic hydroxyl groups is 1. The van der Waals surface area contributed by atoms with Crippen LogP contribution in [0, 0.1) is 0 Å². The Morgan fingerprint density at radius 3 is 2.31 bits per heavy atom. The molecule has 7 heteroatoms. The Morgan fingerprint density at radius 1 is 0.972 bits per heavy atom. The van der Waals surface area contributed by atoms with Crippen LogP contribution in [0.4, 0.5) is 0 Å². The van der Waals surface area contributed by atoms with Crippen molar-refractivity contribution in [1.82, 2.24) is 9.88 Å². The first-order valence-corrected chi connectivity index (χ1v) is 11.7. The summed E-state index contributed by atoms with van der Waals surface area (Å²) in [5.74, 6) is -0.529. The van der Waals surface area contributed by atoms with E-state index in [1.54, 1.807) is 55.8 Å². The maximum absolute atomic E-state index is 13.4. The lowest BCUT2D eigenvalue weighted by atomic mass is 9.84. The molecule has 3 aromatic rings. The highest BCUT2D eigenvalue weighted by atomic mass is 16.5. The van der Waals surface area contributed by atoms with Crippen molar-refractivity contribution in [2.24, 2.45) is 0 Å². The number of aromatic nitrogens is 1. The number of rotatable bonds is 6. The lowest BCUT2D eigenvalue weighted by Crippen LogP contribution is -2.29. The molecule has 2 aromatic carbocycles. The van der Waals surface area contributed by atoms with E-state index in [0.29, 0.717) is 28.3 Å². The number of pyridine rings is 1. The summed E-state index contributed by atoms with van der Waals surface area (Å²) in [6.07, 6.45) is 1.63. The van der Waals surface area contributed by atoms with E-state index < -0.39 is 17.7 Å². The standard InChI is InChI=1S/C29H30N2O5/c1-29(2,3)21-16-18(13-14-23(21)36-5)26(32)24-25(20-11-6-7-12-22(20)35-4)31(28(34)27(24)33)17-19-10-8-9-15-30-19/h6-16,25,32H,17H2,1-5H3/b26-24+. The molecule has 1 N–H and O–H groups in total. The number of aliphatic hydroxyl groups excluding tert-OH is 1. The van der Waals surface area contributed by atoms with Gasteiger partial charge in [0.05, 0.1) is 38.1 Å². The molecule has 0 saturated carbocycles. The number of Topliss-reactive ketones (excluding diaryl/α,β-unsaturated/α-hetero) is 1. The summed E-state index contributed by atoms with van der Waals surface area (Å²) in [5, 5.41) is 11.5. The number of nitrogens with zero attached hydrogens (tertiary/aromatic N) is 2. The predicted octanol–water partition coefficient (Wildman–Crippen LogP) is 5.02. The Kier molecular flexibility index (Phi) is 6.84. The third kappa shape index (κ3) is 4.56. The van der Waals surface area contributed by atoms with Crippen LogP contribution in [0.3, 0.4) is 0 Å². The minimum absolute atomic E-state index is 0.00505. The van der Waals surface area contributed by atoms with Gasteiger partial charge in [-0.15, -0.1) is 0 Å². The average Bonchev–Trinajstić information content (AvgIpc) is 3.12. The van der Waals surface area contributed by atoms with Crippen LogP contribution in [0.1, 0.15) is 49.2 Å². The number of ketones is 1. The molecule has 0 bridgehead atoms. The molecule has 0 aliphatic carbocycles. The Bertz CT molecular complexity index is 1320. The zero-order valence-electron chi connectivity index (χ0n) is 21.1. The minimum atomic E-state index is -0.858. The number of hydrogen-bond acceptors (Lipinski definition) is 6. The fourth-order valence-corrected chi connectivity index (χ4v) is 4.52. The van der Waals surface area contributed by atoms with Gasteiger partial charge in [-0.3, -0.25) is 14.6 Å². The highest BCUT2D eigenvalue weighted by Crippen LogP contribution is 2.44. The van der Waals surface area contributed by atoms with Gasteiger partial charge in [-0.1, -0.05) is 45.0 Å². The first kappa shape index (κ1) is 25.0. The Morgan fingerprint density at radius 2 is 1.67 bits per heavy atom. The molecular weight excluding hydrogens is 456 g/mol. The number of likely N-dealkylation sites (tertiary alicyclic amines) is 1. The molecule has 0 radical (unpaired) electrons. The van der Waals surface area contributed by atoms with Gasteiger partial charge in [0.2, 0.25) is 0 Å².